The van der Waals surface area contributed by atoms with Crippen molar-refractivity contribution in [1.29, 1.82) is 0 Å². The molecule has 4 rings (SSSR count). The molecule has 2 N–H and O–H groups in total. The van der Waals surface area contributed by atoms with Gasteiger partial charge in [-0.15, -0.1) is 0 Å². The first kappa shape index (κ1) is 26.0. The molecular formula is C26H30N6O4. The summed E-state index contributed by atoms with van der Waals surface area (Å²) in [6.07, 6.45) is 0. The SMILES string of the molecule is CC(=NOc1ccccc1)c1c(C)[nH]n(C)c1=O.CC(=NOc1ccccc1)c1c(C)[nH]n(C)c1=O. The number of rotatable bonds is 6. The van der Waals surface area contributed by atoms with Crippen LogP contribution < -0.4 is 20.8 Å². The van der Waals surface area contributed by atoms with Gasteiger partial charge in [0.2, 0.25) is 0 Å². The van der Waals surface area contributed by atoms with Crippen LogP contribution in [-0.2, 0) is 14.1 Å². The van der Waals surface area contributed by atoms with Gasteiger partial charge >= 0.3 is 0 Å². The predicted molar refractivity (Wildman–Crippen MR) is 140 cm³/mol. The van der Waals surface area contributed by atoms with E-state index in [1.54, 1.807) is 52.2 Å². The van der Waals surface area contributed by atoms with Crippen LogP contribution in [0.2, 0.25) is 0 Å². The lowest BCUT2D eigenvalue weighted by molar-refractivity contribution is 0.341. The molecule has 4 aromatic rings. The molecule has 0 atom stereocenters. The van der Waals surface area contributed by atoms with E-state index in [-0.39, 0.29) is 11.1 Å². The van der Waals surface area contributed by atoms with Gasteiger partial charge in [-0.05, 0) is 52.0 Å². The first-order chi connectivity index (χ1) is 17.2. The predicted octanol–water partition coefficient (Wildman–Crippen LogP) is 3.65. The van der Waals surface area contributed by atoms with E-state index in [1.807, 2.05) is 50.2 Å². The molecule has 0 aliphatic carbocycles. The lowest BCUT2D eigenvalue weighted by Crippen LogP contribution is -2.18. The minimum Gasteiger partial charge on any atom is -0.357 e. The highest BCUT2D eigenvalue weighted by atomic mass is 16.6. The van der Waals surface area contributed by atoms with Crippen LogP contribution in [0.3, 0.4) is 0 Å². The Morgan fingerprint density at radius 2 is 1.00 bits per heavy atom. The van der Waals surface area contributed by atoms with Crippen molar-refractivity contribution in [1.82, 2.24) is 19.6 Å². The zero-order chi connectivity index (χ0) is 26.2. The van der Waals surface area contributed by atoms with E-state index in [0.29, 0.717) is 34.0 Å². The molecular weight excluding hydrogens is 460 g/mol. The summed E-state index contributed by atoms with van der Waals surface area (Å²) in [5.74, 6) is 1.28. The molecule has 0 spiro atoms. The highest BCUT2D eigenvalue weighted by molar-refractivity contribution is 5.99. The van der Waals surface area contributed by atoms with Crippen LogP contribution in [-0.4, -0.2) is 31.0 Å². The molecule has 0 aliphatic rings. The molecule has 2 aromatic carbocycles. The quantitative estimate of drug-likeness (QED) is 0.317. The highest BCUT2D eigenvalue weighted by Crippen LogP contribution is 2.11. The van der Waals surface area contributed by atoms with Crippen molar-refractivity contribution in [2.75, 3.05) is 0 Å². The largest absolute Gasteiger partial charge is 0.357 e. The molecule has 0 saturated carbocycles. The molecule has 0 amide bonds. The van der Waals surface area contributed by atoms with Gasteiger partial charge in [-0.2, -0.15) is 0 Å². The smallest absolute Gasteiger partial charge is 0.275 e. The Morgan fingerprint density at radius 3 is 1.28 bits per heavy atom. The molecule has 2 heterocycles. The summed E-state index contributed by atoms with van der Waals surface area (Å²) >= 11 is 0. The van der Waals surface area contributed by atoms with E-state index in [2.05, 4.69) is 20.5 Å². The van der Waals surface area contributed by atoms with Crippen LogP contribution in [0.15, 0.2) is 80.6 Å². The minimum atomic E-state index is -0.106. The maximum atomic E-state index is 11.8. The fourth-order valence-corrected chi connectivity index (χ4v) is 3.52. The number of hydrogen-bond acceptors (Lipinski definition) is 6. The van der Waals surface area contributed by atoms with Crippen molar-refractivity contribution in [3.8, 4) is 11.5 Å². The van der Waals surface area contributed by atoms with E-state index in [0.717, 1.165) is 11.4 Å². The maximum Gasteiger partial charge on any atom is 0.275 e. The monoisotopic (exact) mass is 490 g/mol. The summed E-state index contributed by atoms with van der Waals surface area (Å²) in [4.78, 5) is 34.2. The fourth-order valence-electron chi connectivity index (χ4n) is 3.52. The zero-order valence-electron chi connectivity index (χ0n) is 21.2. The molecule has 10 nitrogen and oxygen atoms in total. The minimum absolute atomic E-state index is 0.106. The maximum absolute atomic E-state index is 11.8. The van der Waals surface area contributed by atoms with Gasteiger partial charge in [-0.3, -0.25) is 29.2 Å². The van der Waals surface area contributed by atoms with Crippen LogP contribution in [0.1, 0.15) is 36.4 Å². The molecule has 0 radical (unpaired) electrons. The number of H-pyrrole nitrogens is 2. The molecule has 0 unspecified atom stereocenters. The standard InChI is InChI=1S/2C13H15N3O2/c2*1-9-12(13(17)16(3)14-9)10(2)15-18-11-7-5-4-6-8-11/h2*4-8,14H,1-3H3. The number of aromatic nitrogens is 4. The average molecular weight is 491 g/mol. The Morgan fingerprint density at radius 1 is 0.667 bits per heavy atom. The van der Waals surface area contributed by atoms with Crippen molar-refractivity contribution in [2.45, 2.75) is 27.7 Å². The number of nitrogens with one attached hydrogen (secondary N) is 2. The molecule has 10 heteroatoms. The van der Waals surface area contributed by atoms with Gasteiger partial charge in [0, 0.05) is 25.5 Å². The number of benzene rings is 2. The van der Waals surface area contributed by atoms with Crippen molar-refractivity contribution in [3.63, 3.8) is 0 Å². The van der Waals surface area contributed by atoms with Crippen molar-refractivity contribution in [2.24, 2.45) is 24.4 Å². The van der Waals surface area contributed by atoms with Gasteiger partial charge in [-0.25, -0.2) is 0 Å². The van der Waals surface area contributed by atoms with Gasteiger partial charge in [-0.1, -0.05) is 46.7 Å². The Bertz CT molecular complexity index is 1360. The zero-order valence-corrected chi connectivity index (χ0v) is 21.2. The second-order valence-electron chi connectivity index (χ2n) is 8.11. The third-order valence-electron chi connectivity index (χ3n) is 5.24. The van der Waals surface area contributed by atoms with Gasteiger partial charge in [0.15, 0.2) is 11.5 Å². The lowest BCUT2D eigenvalue weighted by Gasteiger charge is -1.99. The van der Waals surface area contributed by atoms with Crippen LogP contribution in [0.4, 0.5) is 0 Å². The van der Waals surface area contributed by atoms with Crippen LogP contribution >= 0.6 is 0 Å². The number of hydrogen-bond donors (Lipinski definition) is 2. The van der Waals surface area contributed by atoms with Crippen molar-refractivity contribution in [3.05, 3.63) is 104 Å². The van der Waals surface area contributed by atoms with E-state index < -0.39 is 0 Å². The Balaban J connectivity index is 0.000000201. The van der Waals surface area contributed by atoms with E-state index in [9.17, 15) is 9.59 Å². The number of aromatic amines is 2. The highest BCUT2D eigenvalue weighted by Gasteiger charge is 2.13. The molecule has 2 aromatic heterocycles. The van der Waals surface area contributed by atoms with Gasteiger partial charge in [0.25, 0.3) is 11.1 Å². The number of nitrogens with zero attached hydrogens (tertiary/aromatic N) is 4. The third kappa shape index (κ3) is 6.29. The number of oxime groups is 2. The summed E-state index contributed by atoms with van der Waals surface area (Å²) in [5.41, 5.74) is 3.55. The van der Waals surface area contributed by atoms with E-state index in [4.69, 9.17) is 9.68 Å². The second kappa shape index (κ2) is 11.7. The molecule has 0 bridgehead atoms. The Hall–Kier alpha value is -4.60. The number of para-hydroxylation sites is 2. The van der Waals surface area contributed by atoms with Gasteiger partial charge in [0.1, 0.15) is 0 Å². The molecule has 36 heavy (non-hydrogen) atoms. The second-order valence-corrected chi connectivity index (χ2v) is 8.11. The first-order valence-corrected chi connectivity index (χ1v) is 11.2. The average Bonchev–Trinajstić information content (AvgIpc) is 3.28. The van der Waals surface area contributed by atoms with Crippen LogP contribution in [0.25, 0.3) is 0 Å². The molecule has 0 aliphatic heterocycles. The first-order valence-electron chi connectivity index (χ1n) is 11.2. The molecule has 0 fully saturated rings. The van der Waals surface area contributed by atoms with E-state index >= 15 is 0 Å². The van der Waals surface area contributed by atoms with Gasteiger partial charge in [0.05, 0.1) is 22.6 Å². The lowest BCUT2D eigenvalue weighted by atomic mass is 10.2. The van der Waals surface area contributed by atoms with Crippen LogP contribution in [0, 0.1) is 13.8 Å². The summed E-state index contributed by atoms with van der Waals surface area (Å²) in [6, 6.07) is 18.5. The summed E-state index contributed by atoms with van der Waals surface area (Å²) < 4.78 is 2.85. The summed E-state index contributed by atoms with van der Waals surface area (Å²) in [5, 5.41) is 13.8. The van der Waals surface area contributed by atoms with Crippen molar-refractivity contribution >= 4 is 11.4 Å². The summed E-state index contributed by atoms with van der Waals surface area (Å²) in [7, 11) is 3.34. The Kier molecular flexibility index (Phi) is 8.45. The fraction of sp³-hybridized carbons (Fsp3) is 0.231. The number of aryl methyl sites for hydroxylation is 4. The molecule has 188 valence electrons. The van der Waals surface area contributed by atoms with Crippen LogP contribution in [0.5, 0.6) is 11.5 Å². The molecule has 0 saturated heterocycles. The third-order valence-corrected chi connectivity index (χ3v) is 5.24. The normalized spacial score (nSPS) is 11.6. The summed E-state index contributed by atoms with van der Waals surface area (Å²) in [6.45, 7) is 7.16. The van der Waals surface area contributed by atoms with E-state index in [1.165, 1.54) is 9.36 Å². The topological polar surface area (TPSA) is 119 Å². The van der Waals surface area contributed by atoms with Gasteiger partial charge < -0.3 is 9.68 Å². The van der Waals surface area contributed by atoms with Crippen molar-refractivity contribution < 1.29 is 9.68 Å². The Labute approximate surface area is 208 Å².